The molecule has 0 N–H and O–H groups in total. The molecule has 96 valence electrons. The minimum absolute atomic E-state index is 0.0386. The molecule has 0 aliphatic carbocycles. The van der Waals surface area contributed by atoms with Crippen LogP contribution in [0.15, 0.2) is 14.2 Å². The summed E-state index contributed by atoms with van der Waals surface area (Å²) in [5.41, 5.74) is -0.628. The van der Waals surface area contributed by atoms with E-state index in [9.17, 15) is 9.59 Å². The Morgan fingerprint density at radius 3 is 2.29 bits per heavy atom. The van der Waals surface area contributed by atoms with Gasteiger partial charge >= 0.3 is 5.69 Å². The van der Waals surface area contributed by atoms with Crippen molar-refractivity contribution < 1.29 is 4.74 Å². The number of ether oxygens (including phenoxy) is 1. The minimum Gasteiger partial charge on any atom is -0.355 e. The third kappa shape index (κ3) is 3.07. The van der Waals surface area contributed by atoms with Gasteiger partial charge in [0.25, 0.3) is 5.56 Å². The highest BCUT2D eigenvalue weighted by atomic mass is 79.9. The van der Waals surface area contributed by atoms with Crippen molar-refractivity contribution in [3.63, 3.8) is 0 Å². The molecule has 0 bridgehead atoms. The predicted octanol–water partition coefficient (Wildman–Crippen LogP) is 1.39. The molecule has 6 heteroatoms. The molecule has 1 aromatic heterocycles. The third-order valence-electron chi connectivity index (χ3n) is 2.31. The highest BCUT2D eigenvalue weighted by Gasteiger charge is 2.15. The van der Waals surface area contributed by atoms with Crippen LogP contribution in [0.25, 0.3) is 0 Å². The van der Waals surface area contributed by atoms with Crippen LogP contribution in [-0.2, 0) is 18.5 Å². The Morgan fingerprint density at radius 2 is 1.82 bits per heavy atom. The lowest BCUT2D eigenvalue weighted by Crippen LogP contribution is -2.42. The molecule has 1 aromatic rings. The Morgan fingerprint density at radius 1 is 1.29 bits per heavy atom. The van der Waals surface area contributed by atoms with E-state index >= 15 is 0 Å². The van der Waals surface area contributed by atoms with Crippen molar-refractivity contribution in [3.05, 3.63) is 31.0 Å². The fourth-order valence-corrected chi connectivity index (χ4v) is 1.59. The number of hydrogen-bond acceptors (Lipinski definition) is 3. The molecule has 17 heavy (non-hydrogen) atoms. The van der Waals surface area contributed by atoms with Gasteiger partial charge in [0.15, 0.2) is 0 Å². The van der Waals surface area contributed by atoms with E-state index < -0.39 is 11.3 Å². The van der Waals surface area contributed by atoms with Gasteiger partial charge in [0.1, 0.15) is 6.73 Å². The fourth-order valence-electron chi connectivity index (χ4n) is 1.27. The van der Waals surface area contributed by atoms with Crippen LogP contribution in [0.2, 0.25) is 0 Å². The van der Waals surface area contributed by atoms with E-state index in [0.29, 0.717) is 10.2 Å². The SMILES string of the molecule is Cc1c(Br)n(C)c(=O)n(COC(C)(C)C)c1=O. The molecule has 0 spiro atoms. The second kappa shape index (κ2) is 4.78. The maximum absolute atomic E-state index is 11.9. The predicted molar refractivity (Wildman–Crippen MR) is 69.2 cm³/mol. The van der Waals surface area contributed by atoms with Crippen molar-refractivity contribution in [3.8, 4) is 0 Å². The molecule has 0 amide bonds. The maximum atomic E-state index is 11.9. The molecule has 0 saturated carbocycles. The van der Waals surface area contributed by atoms with Gasteiger partial charge in [0.2, 0.25) is 0 Å². The summed E-state index contributed by atoms with van der Waals surface area (Å²) in [7, 11) is 1.60. The molecule has 1 heterocycles. The lowest BCUT2D eigenvalue weighted by Gasteiger charge is -2.20. The molecular formula is C11H17BrN2O3. The van der Waals surface area contributed by atoms with Crippen LogP contribution in [0.4, 0.5) is 0 Å². The van der Waals surface area contributed by atoms with Gasteiger partial charge in [-0.2, -0.15) is 0 Å². The molecule has 0 aliphatic rings. The van der Waals surface area contributed by atoms with E-state index in [1.165, 1.54) is 4.57 Å². The largest absolute Gasteiger partial charge is 0.355 e. The van der Waals surface area contributed by atoms with E-state index in [1.54, 1.807) is 14.0 Å². The molecule has 0 unspecified atom stereocenters. The molecule has 0 aromatic carbocycles. The Hall–Kier alpha value is -0.880. The van der Waals surface area contributed by atoms with Gasteiger partial charge in [0.05, 0.1) is 10.2 Å². The van der Waals surface area contributed by atoms with Crippen LogP contribution in [-0.4, -0.2) is 14.7 Å². The normalized spacial score (nSPS) is 11.9. The van der Waals surface area contributed by atoms with Crippen LogP contribution >= 0.6 is 15.9 Å². The summed E-state index contributed by atoms with van der Waals surface area (Å²) in [5.74, 6) is 0. The summed E-state index contributed by atoms with van der Waals surface area (Å²) >= 11 is 3.21. The first-order chi connectivity index (χ1) is 7.65. The Labute approximate surface area is 108 Å². The lowest BCUT2D eigenvalue weighted by atomic mass is 10.2. The topological polar surface area (TPSA) is 53.2 Å². The average molecular weight is 305 g/mol. The van der Waals surface area contributed by atoms with Gasteiger partial charge in [-0.15, -0.1) is 0 Å². The van der Waals surface area contributed by atoms with Crippen molar-refractivity contribution in [2.24, 2.45) is 7.05 Å². The standard InChI is InChI=1S/C11H17BrN2O3/c1-7-8(12)13(5)10(16)14(9(7)15)6-17-11(2,3)4/h6H2,1-5H3. The van der Waals surface area contributed by atoms with Crippen LogP contribution in [0.1, 0.15) is 26.3 Å². The Balaban J connectivity index is 3.27. The quantitative estimate of drug-likeness (QED) is 0.776. The molecule has 5 nitrogen and oxygen atoms in total. The third-order valence-corrected chi connectivity index (χ3v) is 3.44. The lowest BCUT2D eigenvalue weighted by molar-refractivity contribution is -0.0467. The van der Waals surface area contributed by atoms with Crippen LogP contribution < -0.4 is 11.2 Å². The number of aromatic nitrogens is 2. The number of halogens is 1. The summed E-state index contributed by atoms with van der Waals surface area (Å²) in [5, 5.41) is 0. The average Bonchev–Trinajstić information content (AvgIpc) is 2.22. The maximum Gasteiger partial charge on any atom is 0.333 e. The molecular weight excluding hydrogens is 288 g/mol. The van der Waals surface area contributed by atoms with Crippen molar-refractivity contribution in [1.82, 2.24) is 9.13 Å². The van der Waals surface area contributed by atoms with Gasteiger partial charge in [-0.05, 0) is 43.6 Å². The first-order valence-corrected chi connectivity index (χ1v) is 6.04. The fraction of sp³-hybridized carbons (Fsp3) is 0.636. The van der Waals surface area contributed by atoms with E-state index in [1.807, 2.05) is 20.8 Å². The van der Waals surface area contributed by atoms with Gasteiger partial charge in [-0.1, -0.05) is 0 Å². The van der Waals surface area contributed by atoms with Crippen molar-refractivity contribution >= 4 is 15.9 Å². The summed E-state index contributed by atoms with van der Waals surface area (Å²) in [4.78, 5) is 23.8. The number of rotatable bonds is 2. The summed E-state index contributed by atoms with van der Waals surface area (Å²) in [6.07, 6.45) is 0. The number of hydrogen-bond donors (Lipinski definition) is 0. The first kappa shape index (κ1) is 14.2. The summed E-state index contributed by atoms with van der Waals surface area (Å²) in [6, 6.07) is 0. The molecule has 0 saturated heterocycles. The van der Waals surface area contributed by atoms with Crippen LogP contribution in [0.3, 0.4) is 0 Å². The van der Waals surface area contributed by atoms with Crippen LogP contribution in [0.5, 0.6) is 0 Å². The smallest absolute Gasteiger partial charge is 0.333 e. The van der Waals surface area contributed by atoms with Gasteiger partial charge in [-0.25, -0.2) is 9.36 Å². The number of nitrogens with zero attached hydrogens (tertiary/aromatic N) is 2. The second-order valence-corrected chi connectivity index (χ2v) is 5.63. The van der Waals surface area contributed by atoms with E-state index in [0.717, 1.165) is 4.57 Å². The second-order valence-electron chi connectivity index (χ2n) is 4.88. The first-order valence-electron chi connectivity index (χ1n) is 5.25. The highest BCUT2D eigenvalue weighted by molar-refractivity contribution is 9.10. The van der Waals surface area contributed by atoms with Crippen LogP contribution in [0, 0.1) is 6.92 Å². The zero-order chi connectivity index (χ0) is 13.4. The molecule has 0 aliphatic heterocycles. The minimum atomic E-state index is -0.397. The van der Waals surface area contributed by atoms with Gasteiger partial charge in [-0.3, -0.25) is 9.36 Å². The van der Waals surface area contributed by atoms with Crippen molar-refractivity contribution in [1.29, 1.82) is 0 Å². The molecule has 1 rings (SSSR count). The molecule has 0 atom stereocenters. The van der Waals surface area contributed by atoms with Gasteiger partial charge in [0, 0.05) is 12.6 Å². The zero-order valence-corrected chi connectivity index (χ0v) is 12.3. The monoisotopic (exact) mass is 304 g/mol. The van der Waals surface area contributed by atoms with E-state index in [-0.39, 0.29) is 12.3 Å². The highest BCUT2D eigenvalue weighted by Crippen LogP contribution is 2.09. The Bertz CT molecular complexity index is 500. The summed E-state index contributed by atoms with van der Waals surface area (Å²) in [6.45, 7) is 7.24. The van der Waals surface area contributed by atoms with Crippen molar-refractivity contribution in [2.45, 2.75) is 40.0 Å². The van der Waals surface area contributed by atoms with Crippen molar-refractivity contribution in [2.75, 3.05) is 0 Å². The molecule has 0 fully saturated rings. The zero-order valence-electron chi connectivity index (χ0n) is 10.7. The Kier molecular flexibility index (Phi) is 3.99. The van der Waals surface area contributed by atoms with Gasteiger partial charge < -0.3 is 4.74 Å². The summed E-state index contributed by atoms with van der Waals surface area (Å²) < 4.78 is 8.43. The molecule has 0 radical (unpaired) electrons. The van der Waals surface area contributed by atoms with E-state index in [2.05, 4.69) is 15.9 Å². The van der Waals surface area contributed by atoms with E-state index in [4.69, 9.17) is 4.74 Å².